The van der Waals surface area contributed by atoms with Gasteiger partial charge in [-0.2, -0.15) is 0 Å². The number of benzene rings is 1. The molecular weight excluding hydrogens is 198 g/mol. The molecule has 0 heterocycles. The van der Waals surface area contributed by atoms with Crippen molar-refractivity contribution in [3.63, 3.8) is 0 Å². The van der Waals surface area contributed by atoms with Gasteiger partial charge in [0.15, 0.2) is 0 Å². The van der Waals surface area contributed by atoms with Crippen molar-refractivity contribution >= 4 is 0 Å². The predicted octanol–water partition coefficient (Wildman–Crippen LogP) is 1.74. The standard InChI is InChI=1S/C14H19NO/c1-14(2,12-16)15(3)11-7-10-13-8-5-4-6-9-13/h4-6,8-9,16H,11-12H2,1-3H3. The van der Waals surface area contributed by atoms with Gasteiger partial charge in [0.05, 0.1) is 13.2 Å². The molecule has 0 spiro atoms. The molecule has 1 aromatic rings. The maximum atomic E-state index is 9.19. The van der Waals surface area contributed by atoms with E-state index >= 15 is 0 Å². The molecule has 1 rings (SSSR count). The largest absolute Gasteiger partial charge is 0.394 e. The Labute approximate surface area is 97.9 Å². The minimum absolute atomic E-state index is 0.135. The van der Waals surface area contributed by atoms with Crippen LogP contribution in [0.3, 0.4) is 0 Å². The number of likely N-dealkylation sites (N-methyl/N-ethyl adjacent to an activating group) is 1. The van der Waals surface area contributed by atoms with Gasteiger partial charge in [-0.15, -0.1) is 0 Å². The molecule has 0 saturated heterocycles. The third kappa shape index (κ3) is 3.69. The Morgan fingerprint density at radius 2 is 1.88 bits per heavy atom. The van der Waals surface area contributed by atoms with E-state index in [1.54, 1.807) is 0 Å². The fraction of sp³-hybridized carbons (Fsp3) is 0.429. The van der Waals surface area contributed by atoms with Gasteiger partial charge in [-0.1, -0.05) is 30.0 Å². The van der Waals surface area contributed by atoms with Crippen LogP contribution in [0.5, 0.6) is 0 Å². The zero-order chi connectivity index (χ0) is 12.0. The zero-order valence-corrected chi connectivity index (χ0v) is 10.2. The van der Waals surface area contributed by atoms with Crippen LogP contribution in [-0.4, -0.2) is 35.7 Å². The van der Waals surface area contributed by atoms with E-state index in [2.05, 4.69) is 11.8 Å². The maximum Gasteiger partial charge on any atom is 0.0610 e. The Morgan fingerprint density at radius 3 is 2.44 bits per heavy atom. The van der Waals surface area contributed by atoms with E-state index < -0.39 is 0 Å². The Kier molecular flexibility index (Phi) is 4.54. The molecule has 0 bridgehead atoms. The summed E-state index contributed by atoms with van der Waals surface area (Å²) in [5.74, 6) is 6.21. The zero-order valence-electron chi connectivity index (χ0n) is 10.2. The number of hydrogen-bond donors (Lipinski definition) is 1. The van der Waals surface area contributed by atoms with Crippen LogP contribution in [-0.2, 0) is 0 Å². The highest BCUT2D eigenvalue weighted by Gasteiger charge is 2.20. The van der Waals surface area contributed by atoms with Crippen molar-refractivity contribution in [1.29, 1.82) is 0 Å². The quantitative estimate of drug-likeness (QED) is 0.780. The first-order chi connectivity index (χ1) is 7.56. The van der Waals surface area contributed by atoms with Crippen molar-refractivity contribution in [2.45, 2.75) is 19.4 Å². The van der Waals surface area contributed by atoms with Gasteiger partial charge in [-0.05, 0) is 33.0 Å². The van der Waals surface area contributed by atoms with Crippen LogP contribution in [0.25, 0.3) is 0 Å². The molecule has 16 heavy (non-hydrogen) atoms. The summed E-state index contributed by atoms with van der Waals surface area (Å²) in [6.07, 6.45) is 0. The predicted molar refractivity (Wildman–Crippen MR) is 67.1 cm³/mol. The molecule has 0 fully saturated rings. The molecule has 1 N–H and O–H groups in total. The van der Waals surface area contributed by atoms with Crippen LogP contribution < -0.4 is 0 Å². The lowest BCUT2D eigenvalue weighted by Crippen LogP contribution is -2.44. The Balaban J connectivity index is 2.56. The van der Waals surface area contributed by atoms with E-state index in [0.29, 0.717) is 6.54 Å². The Hall–Kier alpha value is -1.30. The van der Waals surface area contributed by atoms with Crippen LogP contribution in [0.4, 0.5) is 0 Å². The van der Waals surface area contributed by atoms with Crippen molar-refractivity contribution in [2.24, 2.45) is 0 Å². The van der Waals surface area contributed by atoms with Gasteiger partial charge in [0, 0.05) is 11.1 Å². The minimum atomic E-state index is -0.217. The second-order valence-corrected chi connectivity index (χ2v) is 4.49. The highest BCUT2D eigenvalue weighted by atomic mass is 16.3. The van der Waals surface area contributed by atoms with Crippen LogP contribution in [0, 0.1) is 11.8 Å². The van der Waals surface area contributed by atoms with Gasteiger partial charge in [0.25, 0.3) is 0 Å². The molecule has 0 radical (unpaired) electrons. The molecule has 0 amide bonds. The normalized spacial score (nSPS) is 11.1. The molecule has 0 unspecified atom stereocenters. The molecule has 2 nitrogen and oxygen atoms in total. The van der Waals surface area contributed by atoms with Crippen molar-refractivity contribution in [2.75, 3.05) is 20.2 Å². The van der Waals surface area contributed by atoms with Crippen molar-refractivity contribution in [3.05, 3.63) is 35.9 Å². The highest BCUT2D eigenvalue weighted by Crippen LogP contribution is 2.09. The molecule has 0 aliphatic carbocycles. The molecule has 0 saturated carbocycles. The summed E-state index contributed by atoms with van der Waals surface area (Å²) in [6.45, 7) is 4.79. The molecule has 0 aromatic heterocycles. The topological polar surface area (TPSA) is 23.5 Å². The van der Waals surface area contributed by atoms with E-state index in [0.717, 1.165) is 5.56 Å². The van der Waals surface area contributed by atoms with Crippen molar-refractivity contribution in [1.82, 2.24) is 4.90 Å². The average molecular weight is 217 g/mol. The van der Waals surface area contributed by atoms with Gasteiger partial charge >= 0.3 is 0 Å². The monoisotopic (exact) mass is 217 g/mol. The Bertz CT molecular complexity index is 373. The number of nitrogens with zero attached hydrogens (tertiary/aromatic N) is 1. The van der Waals surface area contributed by atoms with Crippen LogP contribution in [0.15, 0.2) is 30.3 Å². The van der Waals surface area contributed by atoms with Gasteiger partial charge in [-0.25, -0.2) is 0 Å². The first kappa shape index (κ1) is 12.8. The van der Waals surface area contributed by atoms with E-state index in [4.69, 9.17) is 0 Å². The molecular formula is C14H19NO. The van der Waals surface area contributed by atoms with Crippen LogP contribution in [0.1, 0.15) is 19.4 Å². The van der Waals surface area contributed by atoms with Crippen molar-refractivity contribution in [3.8, 4) is 11.8 Å². The Morgan fingerprint density at radius 1 is 1.25 bits per heavy atom. The lowest BCUT2D eigenvalue weighted by molar-refractivity contribution is 0.0902. The smallest absolute Gasteiger partial charge is 0.0610 e. The maximum absolute atomic E-state index is 9.19. The number of hydrogen-bond acceptors (Lipinski definition) is 2. The highest BCUT2D eigenvalue weighted by molar-refractivity contribution is 5.33. The summed E-state index contributed by atoms with van der Waals surface area (Å²) in [4.78, 5) is 2.04. The van der Waals surface area contributed by atoms with Crippen LogP contribution >= 0.6 is 0 Å². The van der Waals surface area contributed by atoms with Gasteiger partial charge in [0.2, 0.25) is 0 Å². The van der Waals surface area contributed by atoms with Gasteiger partial charge in [-0.3, -0.25) is 4.90 Å². The first-order valence-corrected chi connectivity index (χ1v) is 5.42. The summed E-state index contributed by atoms with van der Waals surface area (Å²) in [5, 5.41) is 9.19. The van der Waals surface area contributed by atoms with E-state index in [-0.39, 0.29) is 12.1 Å². The molecule has 1 aromatic carbocycles. The molecule has 86 valence electrons. The minimum Gasteiger partial charge on any atom is -0.394 e. The number of rotatable bonds is 3. The summed E-state index contributed by atoms with van der Waals surface area (Å²) >= 11 is 0. The molecule has 0 aliphatic heterocycles. The summed E-state index contributed by atoms with van der Waals surface area (Å²) in [5.41, 5.74) is 0.809. The third-order valence-electron chi connectivity index (χ3n) is 2.74. The summed E-state index contributed by atoms with van der Waals surface area (Å²) in [6, 6.07) is 9.91. The molecule has 0 aliphatic rings. The summed E-state index contributed by atoms with van der Waals surface area (Å²) < 4.78 is 0. The van der Waals surface area contributed by atoms with E-state index in [1.807, 2.05) is 56.1 Å². The van der Waals surface area contributed by atoms with E-state index in [9.17, 15) is 5.11 Å². The fourth-order valence-electron chi connectivity index (χ4n) is 1.12. The van der Waals surface area contributed by atoms with Crippen LogP contribution in [0.2, 0.25) is 0 Å². The lowest BCUT2D eigenvalue weighted by Gasteiger charge is -2.32. The molecule has 2 heteroatoms. The van der Waals surface area contributed by atoms with Crippen molar-refractivity contribution < 1.29 is 5.11 Å². The number of aliphatic hydroxyl groups is 1. The summed E-state index contributed by atoms with van der Waals surface area (Å²) in [7, 11) is 1.97. The second kappa shape index (κ2) is 5.69. The van der Waals surface area contributed by atoms with E-state index in [1.165, 1.54) is 0 Å². The lowest BCUT2D eigenvalue weighted by atomic mass is 10.1. The SMILES string of the molecule is CN(CC#Cc1ccccc1)C(C)(C)CO. The third-order valence-corrected chi connectivity index (χ3v) is 2.74. The average Bonchev–Trinajstić information content (AvgIpc) is 2.30. The first-order valence-electron chi connectivity index (χ1n) is 5.42. The second-order valence-electron chi connectivity index (χ2n) is 4.49. The van der Waals surface area contributed by atoms with Gasteiger partial charge < -0.3 is 5.11 Å². The molecule has 0 atom stereocenters. The fourth-order valence-corrected chi connectivity index (χ4v) is 1.12. The van der Waals surface area contributed by atoms with Gasteiger partial charge in [0.1, 0.15) is 0 Å². The number of aliphatic hydroxyl groups excluding tert-OH is 1.